The quantitative estimate of drug-likeness (QED) is 0.464. The summed E-state index contributed by atoms with van der Waals surface area (Å²) in [6, 6.07) is 6.23. The van der Waals surface area contributed by atoms with E-state index < -0.39 is 6.04 Å². The van der Waals surface area contributed by atoms with Crippen LogP contribution in [-0.4, -0.2) is 75.7 Å². The first-order valence-corrected chi connectivity index (χ1v) is 13.0. The van der Waals surface area contributed by atoms with E-state index in [0.717, 1.165) is 0 Å². The molecular formula is C27H35N7O5. The summed E-state index contributed by atoms with van der Waals surface area (Å²) in [6.45, 7) is 6.85. The van der Waals surface area contributed by atoms with Gasteiger partial charge in [0.05, 0.1) is 31.8 Å². The van der Waals surface area contributed by atoms with Crippen LogP contribution in [0.2, 0.25) is 0 Å². The molecule has 12 heteroatoms. The Hall–Kier alpha value is -4.35. The molecule has 3 amide bonds. The highest BCUT2D eigenvalue weighted by atomic mass is 16.5. The van der Waals surface area contributed by atoms with Gasteiger partial charge in [0.15, 0.2) is 11.5 Å². The molecule has 0 saturated carbocycles. The first kappa shape index (κ1) is 27.7. The molecule has 0 fully saturated rings. The van der Waals surface area contributed by atoms with Crippen molar-refractivity contribution >= 4 is 17.7 Å². The molecule has 1 aromatic carbocycles. The molecule has 2 aliphatic heterocycles. The highest BCUT2D eigenvalue weighted by Crippen LogP contribution is 2.28. The van der Waals surface area contributed by atoms with Gasteiger partial charge in [-0.2, -0.15) is 5.10 Å². The fourth-order valence-electron chi connectivity index (χ4n) is 4.42. The molecule has 0 unspecified atom stereocenters. The zero-order valence-electron chi connectivity index (χ0n) is 22.7. The smallest absolute Gasteiger partial charge is 0.255 e. The maximum Gasteiger partial charge on any atom is 0.255 e. The van der Waals surface area contributed by atoms with E-state index in [1.165, 1.54) is 12.0 Å². The van der Waals surface area contributed by atoms with E-state index >= 15 is 0 Å². The van der Waals surface area contributed by atoms with Crippen molar-refractivity contribution in [3.05, 3.63) is 59.4 Å². The molecule has 5 rings (SSSR count). The second-order valence-corrected chi connectivity index (χ2v) is 9.68. The van der Waals surface area contributed by atoms with Crippen LogP contribution >= 0.6 is 0 Å². The Morgan fingerprint density at radius 2 is 2.03 bits per heavy atom. The maximum atomic E-state index is 13.3. The normalized spacial score (nSPS) is 17.4. The number of aromatic nitrogens is 4. The zero-order chi connectivity index (χ0) is 27.9. The van der Waals surface area contributed by atoms with Gasteiger partial charge < -0.3 is 30.0 Å². The van der Waals surface area contributed by atoms with Crippen molar-refractivity contribution in [1.29, 1.82) is 0 Å². The minimum Gasteiger partial charge on any atom is -0.493 e. The van der Waals surface area contributed by atoms with Crippen LogP contribution in [0.3, 0.4) is 0 Å². The lowest BCUT2D eigenvalue weighted by Gasteiger charge is -2.26. The Bertz CT molecular complexity index is 1300. The molecular weight excluding hydrogens is 502 g/mol. The Labute approximate surface area is 227 Å². The lowest BCUT2D eigenvalue weighted by molar-refractivity contribution is -0.123. The summed E-state index contributed by atoms with van der Waals surface area (Å²) < 4.78 is 13.1. The molecule has 2 aromatic heterocycles. The van der Waals surface area contributed by atoms with Gasteiger partial charge in [0.2, 0.25) is 5.91 Å². The minimum absolute atomic E-state index is 0.00278. The molecule has 4 heterocycles. The number of methoxy groups -OCH3 is 1. The van der Waals surface area contributed by atoms with Crippen LogP contribution in [0.25, 0.3) is 0 Å². The summed E-state index contributed by atoms with van der Waals surface area (Å²) in [7, 11) is 1.52. The predicted molar refractivity (Wildman–Crippen MR) is 143 cm³/mol. The number of nitrogens with one attached hydrogen (secondary N) is 3. The monoisotopic (exact) mass is 537 g/mol. The molecule has 2 aliphatic rings. The number of carbonyl (C=O) groups is 3. The second kappa shape index (κ2) is 12.5. The van der Waals surface area contributed by atoms with Crippen molar-refractivity contribution in [1.82, 2.24) is 35.3 Å². The molecule has 0 spiro atoms. The van der Waals surface area contributed by atoms with Crippen molar-refractivity contribution in [3.63, 3.8) is 0 Å². The Morgan fingerprint density at radius 3 is 2.74 bits per heavy atom. The summed E-state index contributed by atoms with van der Waals surface area (Å²) in [4.78, 5) is 48.1. The fraction of sp³-hybridized carbons (Fsp3) is 0.444. The fourth-order valence-corrected chi connectivity index (χ4v) is 4.42. The summed E-state index contributed by atoms with van der Waals surface area (Å²) >= 11 is 0. The third kappa shape index (κ3) is 6.75. The maximum absolute atomic E-state index is 13.3. The van der Waals surface area contributed by atoms with Crippen LogP contribution in [-0.2, 0) is 11.3 Å². The van der Waals surface area contributed by atoms with Crippen LogP contribution in [0.15, 0.2) is 36.7 Å². The number of fused-ring (bicyclic) bond motifs is 13. The van der Waals surface area contributed by atoms with E-state index in [1.807, 2.05) is 13.8 Å². The number of amides is 3. The lowest BCUT2D eigenvalue weighted by atomic mass is 10.0. The predicted octanol–water partition coefficient (Wildman–Crippen LogP) is 2.09. The molecule has 0 radical (unpaired) electrons. The zero-order valence-corrected chi connectivity index (χ0v) is 22.7. The largest absolute Gasteiger partial charge is 0.493 e. The number of hydrogen-bond donors (Lipinski definition) is 3. The Kier molecular flexibility index (Phi) is 8.84. The number of aryl methyl sites for hydroxylation is 1. The number of hydrogen-bond acceptors (Lipinski definition) is 7. The van der Waals surface area contributed by atoms with E-state index in [1.54, 1.807) is 48.3 Å². The molecule has 208 valence electrons. The number of H-pyrrole nitrogens is 1. The molecule has 3 N–H and O–H groups in total. The molecule has 3 aromatic rings. The number of aromatic amines is 1. The van der Waals surface area contributed by atoms with Gasteiger partial charge in [-0.3, -0.25) is 14.4 Å². The molecule has 12 nitrogen and oxygen atoms in total. The summed E-state index contributed by atoms with van der Waals surface area (Å²) in [6.07, 6.45) is 3.71. The van der Waals surface area contributed by atoms with E-state index in [4.69, 9.17) is 9.47 Å². The van der Waals surface area contributed by atoms with E-state index in [-0.39, 0.29) is 43.3 Å². The summed E-state index contributed by atoms with van der Waals surface area (Å²) in [5.41, 5.74) is 0.874. The topological polar surface area (TPSA) is 143 Å². The third-order valence-electron chi connectivity index (χ3n) is 6.41. The number of nitrogens with zero attached hydrogens (tertiary/aromatic N) is 4. The first-order valence-electron chi connectivity index (χ1n) is 13.0. The highest BCUT2D eigenvalue weighted by Gasteiger charge is 2.27. The highest BCUT2D eigenvalue weighted by molar-refractivity contribution is 5.96. The standard InChI is InChI=1S/C27H35N7O5/c1-17(2)24-25-30-18(3)32-34(25)12-13-39-21-7-6-19(14-22(21)38-4)26(36)29-9-5-11-33(16-23(35)31-24)27(37)20-8-10-28-15-20/h6-8,10,14-15,17,24,28H,5,9,11-13,16H2,1-4H3,(H,29,36)(H,31,35)/t24-/m0/s1. The SMILES string of the molecule is COc1cc2ccc1OCCn1nc(C)nc1[C@H](C(C)C)NC(=O)CN(C(=O)c1cc[nH]c1)CCCNC2=O. The second-order valence-electron chi connectivity index (χ2n) is 9.68. The lowest BCUT2D eigenvalue weighted by Crippen LogP contribution is -2.44. The van der Waals surface area contributed by atoms with Crippen LogP contribution < -0.4 is 20.1 Å². The molecule has 0 saturated heterocycles. The van der Waals surface area contributed by atoms with Crippen LogP contribution in [0, 0.1) is 12.8 Å². The molecule has 2 bridgehead atoms. The van der Waals surface area contributed by atoms with Crippen molar-refractivity contribution < 1.29 is 23.9 Å². The Balaban J connectivity index is 1.64. The van der Waals surface area contributed by atoms with Gasteiger partial charge in [0.25, 0.3) is 11.8 Å². The van der Waals surface area contributed by atoms with E-state index in [9.17, 15) is 14.4 Å². The Morgan fingerprint density at radius 1 is 1.21 bits per heavy atom. The van der Waals surface area contributed by atoms with Crippen molar-refractivity contribution in [3.8, 4) is 11.5 Å². The van der Waals surface area contributed by atoms with Gasteiger partial charge in [-0.15, -0.1) is 0 Å². The van der Waals surface area contributed by atoms with Gasteiger partial charge >= 0.3 is 0 Å². The van der Waals surface area contributed by atoms with Gasteiger partial charge in [0.1, 0.15) is 18.3 Å². The van der Waals surface area contributed by atoms with Crippen molar-refractivity contribution in [2.45, 2.75) is 39.8 Å². The number of carbonyl (C=O) groups excluding carboxylic acids is 3. The number of benzene rings is 1. The molecule has 1 atom stereocenters. The van der Waals surface area contributed by atoms with Gasteiger partial charge in [-0.1, -0.05) is 13.8 Å². The average Bonchev–Trinajstić information content (AvgIpc) is 3.58. The molecule has 39 heavy (non-hydrogen) atoms. The van der Waals surface area contributed by atoms with Gasteiger partial charge in [0, 0.05) is 31.0 Å². The number of ether oxygens (including phenoxy) is 2. The minimum atomic E-state index is -0.432. The summed E-state index contributed by atoms with van der Waals surface area (Å²) in [5, 5.41) is 10.4. The van der Waals surface area contributed by atoms with E-state index in [0.29, 0.717) is 53.8 Å². The number of rotatable bonds is 3. The van der Waals surface area contributed by atoms with Crippen LogP contribution in [0.1, 0.15) is 58.7 Å². The summed E-state index contributed by atoms with van der Waals surface area (Å²) in [5.74, 6) is 1.25. The van der Waals surface area contributed by atoms with E-state index in [2.05, 4.69) is 25.7 Å². The van der Waals surface area contributed by atoms with Gasteiger partial charge in [-0.25, -0.2) is 9.67 Å². The van der Waals surface area contributed by atoms with Gasteiger partial charge in [-0.05, 0) is 43.5 Å². The first-order chi connectivity index (χ1) is 18.8. The van der Waals surface area contributed by atoms with Crippen molar-refractivity contribution in [2.24, 2.45) is 5.92 Å². The average molecular weight is 538 g/mol. The molecule has 0 aliphatic carbocycles. The van der Waals surface area contributed by atoms with Crippen LogP contribution in [0.5, 0.6) is 11.5 Å². The van der Waals surface area contributed by atoms with Crippen molar-refractivity contribution in [2.75, 3.05) is 33.4 Å². The van der Waals surface area contributed by atoms with Crippen LogP contribution in [0.4, 0.5) is 0 Å². The third-order valence-corrected chi connectivity index (χ3v) is 6.41.